The summed E-state index contributed by atoms with van der Waals surface area (Å²) < 4.78 is 113. The molecule has 0 aliphatic carbocycles. The Morgan fingerprint density at radius 2 is 0.968 bits per heavy atom. The normalized spacial score (nSPS) is 40.5. The first-order valence-corrected chi connectivity index (χ1v) is 12.1. The van der Waals surface area contributed by atoms with Crippen LogP contribution in [0.1, 0.15) is 6.42 Å². The lowest BCUT2D eigenvalue weighted by atomic mass is 9.80. The number of alkyl halides is 3. The van der Waals surface area contributed by atoms with Gasteiger partial charge in [-0.2, -0.15) is 12.6 Å². The molecule has 3 heterocycles. The molecule has 11 nitrogen and oxygen atoms in total. The number of hydrogen-bond donors (Lipinski definition) is 0. The van der Waals surface area contributed by atoms with E-state index >= 15 is 0 Å². The van der Waals surface area contributed by atoms with Crippen molar-refractivity contribution in [2.75, 3.05) is 33.2 Å². The van der Waals surface area contributed by atoms with Gasteiger partial charge in [-0.05, 0) is 12.7 Å². The molecule has 180 valence electrons. The molecule has 3 aliphatic rings. The summed E-state index contributed by atoms with van der Waals surface area (Å²) in [5.74, 6) is 0. The highest BCUT2D eigenvalue weighted by molar-refractivity contribution is 7.75. The van der Waals surface area contributed by atoms with Crippen molar-refractivity contribution in [3.05, 3.63) is 0 Å². The molecule has 9 atom stereocenters. The van der Waals surface area contributed by atoms with Crippen molar-refractivity contribution in [1.29, 1.82) is 0 Å². The summed E-state index contributed by atoms with van der Waals surface area (Å²) in [5.41, 5.74) is 0. The number of hydrogen-bond acceptors (Lipinski definition) is 11. The van der Waals surface area contributed by atoms with Crippen molar-refractivity contribution in [3.63, 3.8) is 0 Å². The second kappa shape index (κ2) is 12.4. The zero-order valence-electron chi connectivity index (χ0n) is 15.8. The van der Waals surface area contributed by atoms with Crippen LogP contribution < -0.4 is 0 Å². The van der Waals surface area contributed by atoms with Crippen molar-refractivity contribution in [3.8, 4) is 0 Å². The predicted octanol–water partition coefficient (Wildman–Crippen LogP) is -0.105. The van der Waals surface area contributed by atoms with Gasteiger partial charge in [0.1, 0.15) is 56.6 Å². The molecule has 0 bridgehead atoms. The lowest BCUT2D eigenvalue weighted by Crippen LogP contribution is -2.38. The highest BCUT2D eigenvalue weighted by Crippen LogP contribution is 2.25. The lowest BCUT2D eigenvalue weighted by Gasteiger charge is -2.21. The Labute approximate surface area is 184 Å². The summed E-state index contributed by atoms with van der Waals surface area (Å²) in [7, 11) is -1.05. The minimum absolute atomic E-state index is 0.0651. The molecule has 0 radical (unpaired) electrons. The van der Waals surface area contributed by atoms with Crippen molar-refractivity contribution in [1.82, 2.24) is 0 Å². The van der Waals surface area contributed by atoms with Crippen LogP contribution in [-0.2, 0) is 68.5 Å². The van der Waals surface area contributed by atoms with Gasteiger partial charge in [0.15, 0.2) is 0 Å². The van der Waals surface area contributed by atoms with Crippen molar-refractivity contribution in [2.45, 2.75) is 49.4 Å². The average Bonchev–Trinajstić information content (AvgIpc) is 3.42. The first kappa shape index (κ1) is 25.6. The first-order valence-electron chi connectivity index (χ1n) is 9.12. The first-order chi connectivity index (χ1) is 14.9. The van der Waals surface area contributed by atoms with Gasteiger partial charge in [0.2, 0.25) is 0 Å². The average molecular weight is 516 g/mol. The van der Waals surface area contributed by atoms with E-state index in [1.807, 2.05) is 0 Å². The molecule has 31 heavy (non-hydrogen) atoms. The van der Waals surface area contributed by atoms with Crippen LogP contribution in [0, 0.1) is 0 Å². The van der Waals surface area contributed by atoms with Gasteiger partial charge in [0, 0.05) is 0 Å². The molecule has 3 aliphatic heterocycles. The van der Waals surface area contributed by atoms with Crippen molar-refractivity contribution in [2.24, 2.45) is 0 Å². The monoisotopic (exact) mass is 516 g/mol. The Balaban J connectivity index is 1.55. The molecule has 0 aromatic carbocycles. The second-order valence-electron chi connectivity index (χ2n) is 6.56. The third-order valence-corrected chi connectivity index (χ3v) is 6.92. The van der Waals surface area contributed by atoms with Crippen LogP contribution in [0.4, 0.5) is 13.2 Å². The van der Waals surface area contributed by atoms with E-state index in [0.717, 1.165) is 0 Å². The van der Waals surface area contributed by atoms with Crippen LogP contribution in [0.25, 0.3) is 0 Å². The fraction of sp³-hybridized carbons (Fsp3) is 1.00. The predicted molar refractivity (Wildman–Crippen MR) is 98.7 cm³/mol. The van der Waals surface area contributed by atoms with Crippen LogP contribution in [0.2, 0.25) is 6.32 Å². The molecule has 0 spiro atoms. The lowest BCUT2D eigenvalue weighted by molar-refractivity contribution is 0.0471. The molecule has 3 saturated heterocycles. The molecular weight excluding hydrogens is 496 g/mol. The van der Waals surface area contributed by atoms with Crippen LogP contribution in [0.15, 0.2) is 0 Å². The molecular formula is C13H20BF3O11S3. The molecule has 3 rings (SSSR count). The van der Waals surface area contributed by atoms with Gasteiger partial charge in [-0.3, -0.25) is 25.1 Å². The highest BCUT2D eigenvalue weighted by Gasteiger charge is 2.40. The van der Waals surface area contributed by atoms with Crippen LogP contribution >= 0.6 is 0 Å². The van der Waals surface area contributed by atoms with E-state index in [1.54, 1.807) is 0 Å². The van der Waals surface area contributed by atoms with Gasteiger partial charge in [-0.25, -0.2) is 13.2 Å². The van der Waals surface area contributed by atoms with Crippen LogP contribution in [-0.4, -0.2) is 89.6 Å². The standard InChI is InChI=1S/C13H20BF3O11S3/c15-3-9-8(23-29(18)24-9)1-2-14(21-6-12-10(4-16)25-30(19)27-12)22-7-13-11(5-17)26-31(20)28-13/h8-13H,1-7H2. The molecule has 0 amide bonds. The summed E-state index contributed by atoms with van der Waals surface area (Å²) in [6, 6.07) is 0. The third kappa shape index (κ3) is 7.23. The Morgan fingerprint density at radius 1 is 0.613 bits per heavy atom. The van der Waals surface area contributed by atoms with Crippen LogP contribution in [0.5, 0.6) is 0 Å². The van der Waals surface area contributed by atoms with Gasteiger partial charge in [0.25, 0.3) is 0 Å². The quantitative estimate of drug-likeness (QED) is 0.323. The van der Waals surface area contributed by atoms with E-state index in [-0.39, 0.29) is 26.0 Å². The fourth-order valence-corrected chi connectivity index (χ4v) is 5.30. The Hall–Kier alpha value is -0.0151. The van der Waals surface area contributed by atoms with Gasteiger partial charge in [-0.1, -0.05) is 0 Å². The fourth-order valence-electron chi connectivity index (χ4n) is 2.84. The zero-order valence-corrected chi connectivity index (χ0v) is 18.3. The minimum atomic E-state index is -2.11. The molecule has 0 saturated carbocycles. The minimum Gasteiger partial charge on any atom is -0.408 e. The molecule has 0 aromatic rings. The smallest absolute Gasteiger partial charge is 0.408 e. The van der Waals surface area contributed by atoms with E-state index in [2.05, 4.69) is 0 Å². The summed E-state index contributed by atoms with van der Waals surface area (Å²) in [5, 5.41) is 0. The number of rotatable bonds is 12. The SMILES string of the molecule is O=S1OC(CF)C(CCB(OCC2OS(=O)OC2CF)OCC2OS(=O)OC2CF)O1. The maximum atomic E-state index is 13.0. The van der Waals surface area contributed by atoms with Gasteiger partial charge >= 0.3 is 41.2 Å². The van der Waals surface area contributed by atoms with Crippen molar-refractivity contribution < 1.29 is 60.2 Å². The second-order valence-corrected chi connectivity index (χ2v) is 8.94. The summed E-state index contributed by atoms with van der Waals surface area (Å²) in [6.45, 7) is -3.38. The Bertz CT molecular complexity index is 582. The van der Waals surface area contributed by atoms with E-state index < -0.39 is 97.8 Å². The third-order valence-electron chi connectivity index (χ3n) is 4.49. The Kier molecular flexibility index (Phi) is 10.3. The van der Waals surface area contributed by atoms with Gasteiger partial charge < -0.3 is 9.31 Å². The van der Waals surface area contributed by atoms with Gasteiger partial charge in [0.05, 0.1) is 13.2 Å². The summed E-state index contributed by atoms with van der Waals surface area (Å²) >= 11 is -6.30. The summed E-state index contributed by atoms with van der Waals surface area (Å²) in [6.07, 6.45) is -5.86. The van der Waals surface area contributed by atoms with E-state index in [0.29, 0.717) is 0 Å². The van der Waals surface area contributed by atoms with Gasteiger partial charge in [-0.15, -0.1) is 0 Å². The molecule has 18 heteroatoms. The van der Waals surface area contributed by atoms with E-state index in [4.69, 9.17) is 34.4 Å². The molecule has 0 N–H and O–H groups in total. The number of halogens is 3. The Morgan fingerprint density at radius 3 is 1.39 bits per heavy atom. The van der Waals surface area contributed by atoms with Crippen molar-refractivity contribution >= 4 is 41.2 Å². The summed E-state index contributed by atoms with van der Waals surface area (Å²) in [4.78, 5) is 0. The zero-order chi connectivity index (χ0) is 22.4. The topological polar surface area (TPSA) is 125 Å². The highest BCUT2D eigenvalue weighted by atomic mass is 32.2. The van der Waals surface area contributed by atoms with E-state index in [9.17, 15) is 25.8 Å². The largest absolute Gasteiger partial charge is 0.457 e. The molecule has 0 aromatic heterocycles. The maximum absolute atomic E-state index is 13.0. The maximum Gasteiger partial charge on any atom is 0.457 e. The van der Waals surface area contributed by atoms with Crippen LogP contribution in [0.3, 0.4) is 0 Å². The molecule has 3 fully saturated rings. The molecule has 9 unspecified atom stereocenters. The van der Waals surface area contributed by atoms with E-state index in [1.165, 1.54) is 0 Å².